The van der Waals surface area contributed by atoms with Crippen molar-refractivity contribution in [3.63, 3.8) is 0 Å². The van der Waals surface area contributed by atoms with Crippen LogP contribution in [0.15, 0.2) is 0 Å². The number of carboxylic acid groups (broad SMARTS) is 1. The molecule has 0 aromatic heterocycles. The van der Waals surface area contributed by atoms with Gasteiger partial charge in [0.1, 0.15) is 6.61 Å². The predicted molar refractivity (Wildman–Crippen MR) is 32.5 cm³/mol. The fourth-order valence-corrected chi connectivity index (χ4v) is 0.370. The summed E-state index contributed by atoms with van der Waals surface area (Å²) in [7, 11) is 1.23. The minimum Gasteiger partial charge on any atom is -0.550 e. The molecular formula is C6H9O5-. The molecule has 0 saturated carbocycles. The van der Waals surface area contributed by atoms with E-state index in [0.29, 0.717) is 0 Å². The van der Waals surface area contributed by atoms with Crippen LogP contribution >= 0.6 is 0 Å². The molecule has 0 fully saturated rings. The Hall–Kier alpha value is -1.10. The van der Waals surface area contributed by atoms with Crippen molar-refractivity contribution >= 4 is 11.9 Å². The highest BCUT2D eigenvalue weighted by Crippen LogP contribution is 1.82. The van der Waals surface area contributed by atoms with Gasteiger partial charge >= 0.3 is 5.97 Å². The van der Waals surface area contributed by atoms with Crippen LogP contribution in [0.25, 0.3) is 0 Å². The molecule has 0 aromatic rings. The van der Waals surface area contributed by atoms with Gasteiger partial charge in [-0.1, -0.05) is 0 Å². The number of hydrogen-bond donors (Lipinski definition) is 0. The molecule has 0 aliphatic carbocycles. The Balaban J connectivity index is 3.14. The second-order valence-corrected chi connectivity index (χ2v) is 1.75. The number of ether oxygens (including phenoxy) is 2. The van der Waals surface area contributed by atoms with E-state index in [-0.39, 0.29) is 19.6 Å². The van der Waals surface area contributed by atoms with Gasteiger partial charge in [-0.15, -0.1) is 0 Å². The third-order valence-corrected chi connectivity index (χ3v) is 0.898. The van der Waals surface area contributed by atoms with E-state index in [2.05, 4.69) is 9.47 Å². The van der Waals surface area contributed by atoms with Crippen molar-refractivity contribution in [2.45, 2.75) is 6.42 Å². The van der Waals surface area contributed by atoms with Crippen LogP contribution in [0.5, 0.6) is 0 Å². The molecule has 5 heteroatoms. The van der Waals surface area contributed by atoms with Crippen LogP contribution in [0.3, 0.4) is 0 Å². The summed E-state index contributed by atoms with van der Waals surface area (Å²) in [6, 6.07) is 0. The molecular weight excluding hydrogens is 152 g/mol. The lowest BCUT2D eigenvalue weighted by molar-refractivity contribution is -0.306. The van der Waals surface area contributed by atoms with E-state index < -0.39 is 11.9 Å². The monoisotopic (exact) mass is 161 g/mol. The van der Waals surface area contributed by atoms with Crippen LogP contribution in [0.1, 0.15) is 6.42 Å². The first-order valence-electron chi connectivity index (χ1n) is 3.01. The highest BCUT2D eigenvalue weighted by molar-refractivity contribution is 5.70. The van der Waals surface area contributed by atoms with E-state index in [0.717, 1.165) is 0 Å². The molecule has 0 aromatic carbocycles. The minimum atomic E-state index is -1.20. The van der Waals surface area contributed by atoms with Crippen molar-refractivity contribution < 1.29 is 24.2 Å². The summed E-state index contributed by atoms with van der Waals surface area (Å²) < 4.78 is 8.83. The van der Waals surface area contributed by atoms with Crippen LogP contribution in [0.2, 0.25) is 0 Å². The van der Waals surface area contributed by atoms with Gasteiger partial charge in [-0.2, -0.15) is 0 Å². The lowest BCUT2D eigenvalue weighted by Gasteiger charge is -2.02. The Kier molecular flexibility index (Phi) is 5.10. The second kappa shape index (κ2) is 5.67. The van der Waals surface area contributed by atoms with Crippen LogP contribution < -0.4 is 5.11 Å². The number of aliphatic carboxylic acids is 1. The fourth-order valence-electron chi connectivity index (χ4n) is 0.370. The first kappa shape index (κ1) is 9.90. The van der Waals surface area contributed by atoms with Gasteiger partial charge in [-0.05, 0) is 0 Å². The standard InChI is InChI=1S/C6H10O5/c1-10-6(9)4-11-3-2-5(7)8/h2-4H2,1H3,(H,7,8)/p-1. The first-order chi connectivity index (χ1) is 5.16. The molecule has 0 heterocycles. The summed E-state index contributed by atoms with van der Waals surface area (Å²) >= 11 is 0. The lowest BCUT2D eigenvalue weighted by Crippen LogP contribution is -2.24. The Morgan fingerprint density at radius 2 is 2.09 bits per heavy atom. The molecule has 0 saturated heterocycles. The Bertz CT molecular complexity index is 142. The normalized spacial score (nSPS) is 9.18. The summed E-state index contributed by atoms with van der Waals surface area (Å²) in [5, 5.41) is 9.81. The first-order valence-corrected chi connectivity index (χ1v) is 3.01. The predicted octanol–water partition coefficient (Wildman–Crippen LogP) is -1.68. The Labute approximate surface area is 63.9 Å². The van der Waals surface area contributed by atoms with Gasteiger partial charge in [0.25, 0.3) is 0 Å². The van der Waals surface area contributed by atoms with Gasteiger partial charge in [0.15, 0.2) is 0 Å². The molecule has 0 amide bonds. The number of carboxylic acids is 1. The molecule has 11 heavy (non-hydrogen) atoms. The number of carbonyl (C=O) groups excluding carboxylic acids is 2. The largest absolute Gasteiger partial charge is 0.550 e. The van der Waals surface area contributed by atoms with Gasteiger partial charge in [0.2, 0.25) is 0 Å². The van der Waals surface area contributed by atoms with Gasteiger partial charge in [0.05, 0.1) is 13.7 Å². The second-order valence-electron chi connectivity index (χ2n) is 1.75. The van der Waals surface area contributed by atoms with Crippen molar-refractivity contribution in [3.05, 3.63) is 0 Å². The molecule has 0 bridgehead atoms. The quantitative estimate of drug-likeness (QED) is 0.355. The van der Waals surface area contributed by atoms with Crippen LogP contribution in [0, 0.1) is 0 Å². The molecule has 0 atom stereocenters. The topological polar surface area (TPSA) is 75.7 Å². The van der Waals surface area contributed by atoms with Gasteiger partial charge < -0.3 is 19.4 Å². The fraction of sp³-hybridized carbons (Fsp3) is 0.667. The van der Waals surface area contributed by atoms with E-state index in [1.807, 2.05) is 0 Å². The van der Waals surface area contributed by atoms with Gasteiger partial charge in [0, 0.05) is 12.4 Å². The number of carbonyl (C=O) groups is 2. The maximum Gasteiger partial charge on any atom is 0.331 e. The van der Waals surface area contributed by atoms with Crippen molar-refractivity contribution in [3.8, 4) is 0 Å². The number of methoxy groups -OCH3 is 1. The molecule has 0 aliphatic heterocycles. The van der Waals surface area contributed by atoms with Crippen LogP contribution in [-0.2, 0) is 19.1 Å². The minimum absolute atomic E-state index is 0.0303. The molecule has 0 unspecified atom stereocenters. The van der Waals surface area contributed by atoms with Crippen molar-refractivity contribution in [2.24, 2.45) is 0 Å². The van der Waals surface area contributed by atoms with Crippen molar-refractivity contribution in [1.82, 2.24) is 0 Å². The van der Waals surface area contributed by atoms with E-state index in [4.69, 9.17) is 0 Å². The van der Waals surface area contributed by atoms with E-state index >= 15 is 0 Å². The Morgan fingerprint density at radius 3 is 2.55 bits per heavy atom. The molecule has 5 nitrogen and oxygen atoms in total. The zero-order valence-electron chi connectivity index (χ0n) is 6.16. The maximum atomic E-state index is 10.3. The van der Waals surface area contributed by atoms with Gasteiger partial charge in [-0.3, -0.25) is 0 Å². The SMILES string of the molecule is COC(=O)COCCC(=O)[O-]. The summed E-state index contributed by atoms with van der Waals surface area (Å²) in [6.07, 6.45) is -0.211. The summed E-state index contributed by atoms with van der Waals surface area (Å²) in [6.45, 7) is -0.249. The number of hydrogen-bond acceptors (Lipinski definition) is 5. The van der Waals surface area contributed by atoms with Crippen molar-refractivity contribution in [1.29, 1.82) is 0 Å². The average Bonchev–Trinajstić information content (AvgIpc) is 1.97. The van der Waals surface area contributed by atoms with E-state index in [1.165, 1.54) is 7.11 Å². The molecule has 64 valence electrons. The zero-order valence-corrected chi connectivity index (χ0v) is 6.16. The molecule has 0 radical (unpaired) electrons. The van der Waals surface area contributed by atoms with Gasteiger partial charge in [-0.25, -0.2) is 4.79 Å². The maximum absolute atomic E-state index is 10.3. The zero-order chi connectivity index (χ0) is 8.69. The third-order valence-electron chi connectivity index (χ3n) is 0.898. The smallest absolute Gasteiger partial charge is 0.331 e. The highest BCUT2D eigenvalue weighted by atomic mass is 16.6. The molecule has 0 aliphatic rings. The van der Waals surface area contributed by atoms with Crippen LogP contribution in [0.4, 0.5) is 0 Å². The average molecular weight is 161 g/mol. The molecule has 0 N–H and O–H groups in total. The summed E-state index contributed by atoms with van der Waals surface area (Å²) in [5.74, 6) is -1.72. The van der Waals surface area contributed by atoms with E-state index in [1.54, 1.807) is 0 Å². The summed E-state index contributed by atoms with van der Waals surface area (Å²) in [4.78, 5) is 20.2. The molecule has 0 spiro atoms. The number of esters is 1. The summed E-state index contributed by atoms with van der Waals surface area (Å²) in [5.41, 5.74) is 0. The third kappa shape index (κ3) is 6.79. The Morgan fingerprint density at radius 1 is 1.45 bits per heavy atom. The van der Waals surface area contributed by atoms with E-state index in [9.17, 15) is 14.7 Å². The van der Waals surface area contributed by atoms with Crippen molar-refractivity contribution in [2.75, 3.05) is 20.3 Å². The highest BCUT2D eigenvalue weighted by Gasteiger charge is 1.98. The molecule has 0 rings (SSSR count). The van der Waals surface area contributed by atoms with Crippen LogP contribution in [-0.4, -0.2) is 32.3 Å². The number of rotatable bonds is 5. The lowest BCUT2D eigenvalue weighted by atomic mass is 10.5.